The maximum absolute atomic E-state index is 13.3. The predicted molar refractivity (Wildman–Crippen MR) is 64.4 cm³/mol. The summed E-state index contributed by atoms with van der Waals surface area (Å²) in [5.41, 5.74) is 0.0796. The van der Waals surface area contributed by atoms with Crippen LogP contribution in [0.1, 0.15) is 11.7 Å². The first-order chi connectivity index (χ1) is 6.45. The molecule has 0 aliphatic heterocycles. The van der Waals surface area contributed by atoms with Crippen LogP contribution in [-0.4, -0.2) is 16.2 Å². The number of benzene rings is 1. The summed E-state index contributed by atoms with van der Waals surface area (Å²) in [6, 6.07) is 2.84. The first-order valence-corrected chi connectivity index (χ1v) is 5.65. The van der Waals surface area contributed by atoms with Gasteiger partial charge in [-0.1, -0.05) is 6.07 Å². The van der Waals surface area contributed by atoms with Gasteiger partial charge in [-0.3, -0.25) is 0 Å². The van der Waals surface area contributed by atoms with E-state index in [2.05, 4.69) is 0 Å². The summed E-state index contributed by atoms with van der Waals surface area (Å²) in [7, 11) is 0. The fraction of sp³-hybridized carbons (Fsp3) is 0.125. The molecule has 0 bridgehead atoms. The van der Waals surface area contributed by atoms with Gasteiger partial charge in [-0.05, 0) is 51.2 Å². The molecular weight excluding hydrogens is 417 g/mol. The van der Waals surface area contributed by atoms with Crippen molar-refractivity contribution in [1.29, 1.82) is 0 Å². The van der Waals surface area contributed by atoms with Crippen LogP contribution in [0.4, 0.5) is 4.39 Å². The second-order valence-corrected chi connectivity index (χ2v) is 4.75. The van der Waals surface area contributed by atoms with E-state index in [1.165, 1.54) is 12.1 Å². The lowest BCUT2D eigenvalue weighted by atomic mass is 10.1. The molecule has 0 saturated carbocycles. The predicted octanol–water partition coefficient (Wildman–Crippen LogP) is 2.15. The minimum Gasteiger partial charge on any atom is -0.479 e. The van der Waals surface area contributed by atoms with Crippen molar-refractivity contribution in [2.45, 2.75) is 6.10 Å². The molecule has 76 valence electrons. The van der Waals surface area contributed by atoms with Gasteiger partial charge in [0.15, 0.2) is 6.10 Å². The van der Waals surface area contributed by atoms with Gasteiger partial charge in [0.2, 0.25) is 0 Å². The molecule has 1 rings (SSSR count). The van der Waals surface area contributed by atoms with E-state index in [4.69, 9.17) is 5.11 Å². The van der Waals surface area contributed by atoms with Crippen LogP contribution in [0.25, 0.3) is 0 Å². The fourth-order valence-electron chi connectivity index (χ4n) is 0.885. The molecule has 3 nitrogen and oxygen atoms in total. The molecule has 6 heteroatoms. The third-order valence-corrected chi connectivity index (χ3v) is 3.52. The Hall–Kier alpha value is 0.0400. The zero-order chi connectivity index (χ0) is 10.9. The van der Waals surface area contributed by atoms with E-state index in [0.717, 1.165) is 0 Å². The van der Waals surface area contributed by atoms with Gasteiger partial charge in [0.05, 0.1) is 3.57 Å². The van der Waals surface area contributed by atoms with Gasteiger partial charge in [-0.15, -0.1) is 0 Å². The average molecular weight is 422 g/mol. The Morgan fingerprint density at radius 3 is 2.50 bits per heavy atom. The van der Waals surface area contributed by atoms with Crippen molar-refractivity contribution in [2.75, 3.05) is 0 Å². The third-order valence-electron chi connectivity index (χ3n) is 1.59. The third kappa shape index (κ3) is 2.34. The molecule has 1 atom stereocenters. The van der Waals surface area contributed by atoms with E-state index >= 15 is 0 Å². The van der Waals surface area contributed by atoms with Gasteiger partial charge in [0.25, 0.3) is 0 Å². The lowest BCUT2D eigenvalue weighted by Crippen LogP contribution is -2.13. The molecule has 2 N–H and O–H groups in total. The maximum Gasteiger partial charge on any atom is 0.337 e. The number of hydrogen-bond acceptors (Lipinski definition) is 2. The lowest BCUT2D eigenvalue weighted by molar-refractivity contribution is -0.147. The van der Waals surface area contributed by atoms with Crippen molar-refractivity contribution in [1.82, 2.24) is 0 Å². The van der Waals surface area contributed by atoms with Gasteiger partial charge < -0.3 is 10.2 Å². The van der Waals surface area contributed by atoms with Crippen LogP contribution in [0, 0.1) is 13.0 Å². The topological polar surface area (TPSA) is 57.5 Å². The Labute approximate surface area is 107 Å². The van der Waals surface area contributed by atoms with E-state index in [-0.39, 0.29) is 9.13 Å². The summed E-state index contributed by atoms with van der Waals surface area (Å²) in [6.07, 6.45) is -1.67. The molecule has 0 heterocycles. The van der Waals surface area contributed by atoms with Crippen LogP contribution in [0.3, 0.4) is 0 Å². The van der Waals surface area contributed by atoms with E-state index in [0.29, 0.717) is 3.57 Å². The molecule has 0 amide bonds. The smallest absolute Gasteiger partial charge is 0.337 e. The number of aliphatic hydroxyl groups excluding tert-OH is 1. The van der Waals surface area contributed by atoms with Crippen LogP contribution < -0.4 is 0 Å². The highest BCUT2D eigenvalue weighted by Gasteiger charge is 2.21. The molecule has 0 aromatic heterocycles. The summed E-state index contributed by atoms with van der Waals surface area (Å²) < 4.78 is 13.8. The molecular formula is C8H5FI2O3. The van der Waals surface area contributed by atoms with Crippen molar-refractivity contribution in [3.63, 3.8) is 0 Å². The molecule has 0 fully saturated rings. The van der Waals surface area contributed by atoms with E-state index in [1.807, 2.05) is 0 Å². The SMILES string of the molecule is O=C(O)C(O)c1ccc(I)c(F)c1I. The lowest BCUT2D eigenvalue weighted by Gasteiger charge is -2.09. The Bertz CT molecular complexity index is 381. The van der Waals surface area contributed by atoms with Gasteiger partial charge in [0, 0.05) is 9.13 Å². The highest BCUT2D eigenvalue weighted by atomic mass is 127. The van der Waals surface area contributed by atoms with Gasteiger partial charge in [0.1, 0.15) is 5.82 Å². The fourth-order valence-corrected chi connectivity index (χ4v) is 2.62. The zero-order valence-electron chi connectivity index (χ0n) is 6.67. The average Bonchev–Trinajstić information content (AvgIpc) is 2.13. The van der Waals surface area contributed by atoms with Crippen LogP contribution in [0.15, 0.2) is 12.1 Å². The second-order valence-electron chi connectivity index (χ2n) is 2.51. The van der Waals surface area contributed by atoms with Crippen LogP contribution in [0.2, 0.25) is 0 Å². The number of aliphatic carboxylic acids is 1. The number of hydrogen-bond donors (Lipinski definition) is 2. The monoisotopic (exact) mass is 422 g/mol. The van der Waals surface area contributed by atoms with Crippen LogP contribution in [-0.2, 0) is 4.79 Å². The number of halogens is 3. The summed E-state index contributed by atoms with van der Waals surface area (Å²) in [5.74, 6) is -1.88. The maximum atomic E-state index is 13.3. The van der Waals surface area contributed by atoms with Crippen molar-refractivity contribution >= 4 is 51.2 Å². The molecule has 1 aromatic carbocycles. The zero-order valence-corrected chi connectivity index (χ0v) is 11.0. The summed E-state index contributed by atoms with van der Waals surface area (Å²) in [6.45, 7) is 0. The summed E-state index contributed by atoms with van der Waals surface area (Å²) in [4.78, 5) is 10.5. The molecule has 1 aromatic rings. The minimum absolute atomic E-state index is 0.0796. The quantitative estimate of drug-likeness (QED) is 0.568. The van der Waals surface area contributed by atoms with Crippen LogP contribution >= 0.6 is 45.2 Å². The van der Waals surface area contributed by atoms with Gasteiger partial charge in [-0.2, -0.15) is 0 Å². The highest BCUT2D eigenvalue weighted by molar-refractivity contribution is 14.1. The van der Waals surface area contributed by atoms with Crippen molar-refractivity contribution in [3.8, 4) is 0 Å². The number of carboxylic acids is 1. The van der Waals surface area contributed by atoms with Crippen molar-refractivity contribution in [2.24, 2.45) is 0 Å². The van der Waals surface area contributed by atoms with E-state index in [1.54, 1.807) is 45.2 Å². The molecule has 0 spiro atoms. The van der Waals surface area contributed by atoms with Gasteiger partial charge in [-0.25, -0.2) is 9.18 Å². The molecule has 0 saturated heterocycles. The number of aliphatic hydroxyl groups is 1. The molecule has 1 unspecified atom stereocenters. The Balaban J connectivity index is 3.24. The van der Waals surface area contributed by atoms with Crippen molar-refractivity contribution < 1.29 is 19.4 Å². The minimum atomic E-state index is -1.67. The molecule has 0 aliphatic rings. The molecule has 0 aliphatic carbocycles. The Morgan fingerprint density at radius 2 is 2.00 bits per heavy atom. The normalized spacial score (nSPS) is 12.6. The van der Waals surface area contributed by atoms with Gasteiger partial charge >= 0.3 is 5.97 Å². The number of carbonyl (C=O) groups is 1. The number of rotatable bonds is 2. The van der Waals surface area contributed by atoms with Crippen LogP contribution in [0.5, 0.6) is 0 Å². The highest BCUT2D eigenvalue weighted by Crippen LogP contribution is 2.25. The largest absolute Gasteiger partial charge is 0.479 e. The standard InChI is InChI=1S/C8H5FI2O3/c9-5-4(10)2-1-3(6(5)11)7(12)8(13)14/h1-2,7,12H,(H,13,14). The molecule has 0 radical (unpaired) electrons. The van der Waals surface area contributed by atoms with E-state index in [9.17, 15) is 14.3 Å². The first-order valence-electron chi connectivity index (χ1n) is 3.49. The van der Waals surface area contributed by atoms with E-state index < -0.39 is 17.9 Å². The summed E-state index contributed by atoms with van der Waals surface area (Å²) in [5, 5.41) is 17.8. The molecule has 14 heavy (non-hydrogen) atoms. The Morgan fingerprint density at radius 1 is 1.43 bits per heavy atom. The van der Waals surface area contributed by atoms with Crippen molar-refractivity contribution in [3.05, 3.63) is 30.7 Å². The Kier molecular flexibility index (Phi) is 4.07. The second kappa shape index (κ2) is 4.71. The number of carboxylic acid groups (broad SMARTS) is 1. The first kappa shape index (κ1) is 12.1. The summed E-state index contributed by atoms with van der Waals surface area (Å²) >= 11 is 3.47.